The van der Waals surface area contributed by atoms with Crippen molar-refractivity contribution in [1.82, 2.24) is 0 Å². The van der Waals surface area contributed by atoms with Gasteiger partial charge in [0.25, 0.3) is 0 Å². The van der Waals surface area contributed by atoms with Crippen LogP contribution < -0.4 is 0 Å². The van der Waals surface area contributed by atoms with Gasteiger partial charge in [0.05, 0.1) is 0 Å². The normalized spacial score (nSPS) is 12.3. The van der Waals surface area contributed by atoms with E-state index < -0.39 is 35.5 Å². The number of hydrogen-bond donors (Lipinski definition) is 0. The van der Waals surface area contributed by atoms with Crippen LogP contribution in [0, 0.1) is 21.0 Å². The average Bonchev–Trinajstić information content (AvgIpc) is 2.71. The van der Waals surface area contributed by atoms with Crippen molar-refractivity contribution in [3.63, 3.8) is 0 Å². The Balaban J connectivity index is 1.79. The number of aryl methyl sites for hydroxylation is 2. The lowest BCUT2D eigenvalue weighted by atomic mass is 9.98. The van der Waals surface area contributed by atoms with Crippen LogP contribution in [-0.4, -0.2) is 6.36 Å². The molecule has 0 atom stereocenters. The summed E-state index contributed by atoms with van der Waals surface area (Å²) in [6, 6.07) is 11.8. The zero-order valence-electron chi connectivity index (χ0n) is 18.3. The van der Waals surface area contributed by atoms with Crippen LogP contribution in [0.5, 0.6) is 0 Å². The Labute approximate surface area is 210 Å². The summed E-state index contributed by atoms with van der Waals surface area (Å²) in [5.74, 6) is -4.34. The van der Waals surface area contributed by atoms with Gasteiger partial charge in [-0.25, -0.2) is 17.9 Å². The monoisotopic (exact) mass is 614 g/mol. The third-order valence-corrected chi connectivity index (χ3v) is 6.23. The first-order valence-electron chi connectivity index (χ1n) is 10.5. The van der Waals surface area contributed by atoms with Gasteiger partial charge in [0.2, 0.25) is 0 Å². The molecule has 0 bridgehead atoms. The molecule has 0 radical (unpaired) electrons. The van der Waals surface area contributed by atoms with Crippen LogP contribution in [0.25, 0.3) is 11.1 Å². The molecule has 0 heterocycles. The lowest BCUT2D eigenvalue weighted by Crippen LogP contribution is -2.29. The maximum absolute atomic E-state index is 14.9. The first kappa shape index (κ1) is 27.4. The molecule has 3 aromatic rings. The van der Waals surface area contributed by atoms with Crippen LogP contribution in [0.3, 0.4) is 0 Å². The molecule has 188 valence electrons. The predicted molar refractivity (Wildman–Crippen MR) is 123 cm³/mol. The molecule has 0 fully saturated rings. The first-order valence-corrected chi connectivity index (χ1v) is 11.6. The summed E-state index contributed by atoms with van der Waals surface area (Å²) in [4.78, 5) is 0. The second kappa shape index (κ2) is 10.8. The van der Waals surface area contributed by atoms with Crippen LogP contribution >= 0.6 is 22.6 Å². The van der Waals surface area contributed by atoms with Crippen molar-refractivity contribution in [3.8, 4) is 11.1 Å². The lowest BCUT2D eigenvalue weighted by molar-refractivity contribution is -0.432. The van der Waals surface area contributed by atoms with Gasteiger partial charge in [-0.15, -0.1) is 13.2 Å². The van der Waals surface area contributed by atoms with Crippen molar-refractivity contribution in [2.75, 3.05) is 0 Å². The van der Waals surface area contributed by atoms with Crippen molar-refractivity contribution >= 4 is 22.6 Å². The standard InChI is InChI=1S/C25H19F8IO/c1-2-3-14-4-7-16(8-5-14)17-12-19(26)18(22(34)13-17)9-6-15-10-20(27)23(21(28)11-15)24(29,30)35-25(31,32)33/h4-5,7-8,10-13H,2-3,6,9H2,1H3. The summed E-state index contributed by atoms with van der Waals surface area (Å²) in [5, 5.41) is 0. The fourth-order valence-corrected chi connectivity index (χ4v) is 4.54. The fourth-order valence-electron chi connectivity index (χ4n) is 3.67. The average molecular weight is 614 g/mol. The Bertz CT molecular complexity index is 1140. The van der Waals surface area contributed by atoms with Crippen molar-refractivity contribution in [2.45, 2.75) is 45.1 Å². The third kappa shape index (κ3) is 6.93. The number of alkyl halides is 5. The fraction of sp³-hybridized carbons (Fsp3) is 0.280. The van der Waals surface area contributed by atoms with E-state index in [1.807, 2.05) is 46.9 Å². The Morgan fingerprint density at radius 1 is 0.714 bits per heavy atom. The van der Waals surface area contributed by atoms with E-state index >= 15 is 0 Å². The minimum Gasteiger partial charge on any atom is -0.222 e. The highest BCUT2D eigenvalue weighted by Crippen LogP contribution is 2.39. The molecular weight excluding hydrogens is 595 g/mol. The predicted octanol–water partition coefficient (Wildman–Crippen LogP) is 8.70. The highest BCUT2D eigenvalue weighted by atomic mass is 127. The van der Waals surface area contributed by atoms with E-state index in [1.165, 1.54) is 6.07 Å². The second-order valence-electron chi connectivity index (χ2n) is 7.86. The maximum atomic E-state index is 14.9. The first-order chi connectivity index (χ1) is 16.3. The SMILES string of the molecule is CCCc1ccc(-c2cc(F)c(CCc3cc(F)c(C(F)(F)OC(F)(F)F)c(F)c3)c(I)c2)cc1. The molecule has 0 saturated carbocycles. The summed E-state index contributed by atoms with van der Waals surface area (Å²) < 4.78 is 110. The van der Waals surface area contributed by atoms with E-state index in [2.05, 4.69) is 11.7 Å². The topological polar surface area (TPSA) is 9.23 Å². The molecular formula is C25H19F8IO. The van der Waals surface area contributed by atoms with Crippen LogP contribution in [0.1, 0.15) is 35.6 Å². The third-order valence-electron chi connectivity index (χ3n) is 5.27. The van der Waals surface area contributed by atoms with Gasteiger partial charge in [-0.1, -0.05) is 37.6 Å². The summed E-state index contributed by atoms with van der Waals surface area (Å²) in [6.07, 6.45) is -9.29. The molecule has 0 N–H and O–H groups in total. The second-order valence-corrected chi connectivity index (χ2v) is 9.03. The summed E-state index contributed by atoms with van der Waals surface area (Å²) in [7, 11) is 0. The molecule has 0 aliphatic rings. The molecule has 3 rings (SSSR count). The lowest BCUT2D eigenvalue weighted by Gasteiger charge is -2.20. The van der Waals surface area contributed by atoms with Gasteiger partial charge in [-0.2, -0.15) is 8.78 Å². The molecule has 35 heavy (non-hydrogen) atoms. The maximum Gasteiger partial charge on any atom is 0.527 e. The number of ether oxygens (including phenoxy) is 1. The minimum atomic E-state index is -5.81. The Kier molecular flexibility index (Phi) is 8.46. The number of benzene rings is 3. The molecule has 1 nitrogen and oxygen atoms in total. The van der Waals surface area contributed by atoms with Gasteiger partial charge in [-0.05, 0) is 88.4 Å². The highest BCUT2D eigenvalue weighted by molar-refractivity contribution is 14.1. The molecule has 0 aliphatic heterocycles. The largest absolute Gasteiger partial charge is 0.527 e. The smallest absolute Gasteiger partial charge is 0.222 e. The molecule has 0 unspecified atom stereocenters. The highest BCUT2D eigenvalue weighted by Gasteiger charge is 2.49. The van der Waals surface area contributed by atoms with Gasteiger partial charge in [-0.3, -0.25) is 0 Å². The molecule has 0 aromatic heterocycles. The Morgan fingerprint density at radius 2 is 1.31 bits per heavy atom. The van der Waals surface area contributed by atoms with E-state index in [1.54, 1.807) is 6.07 Å². The van der Waals surface area contributed by atoms with Gasteiger partial charge in [0.1, 0.15) is 23.0 Å². The van der Waals surface area contributed by atoms with Gasteiger partial charge in [0, 0.05) is 9.13 Å². The molecule has 0 saturated heterocycles. The van der Waals surface area contributed by atoms with Crippen LogP contribution in [0.15, 0.2) is 48.5 Å². The summed E-state index contributed by atoms with van der Waals surface area (Å²) >= 11 is 1.93. The van der Waals surface area contributed by atoms with E-state index in [4.69, 9.17) is 0 Å². The molecule has 0 amide bonds. The van der Waals surface area contributed by atoms with Crippen LogP contribution in [0.2, 0.25) is 0 Å². The van der Waals surface area contributed by atoms with Crippen molar-refractivity contribution in [2.24, 2.45) is 0 Å². The van der Waals surface area contributed by atoms with Gasteiger partial charge < -0.3 is 0 Å². The van der Waals surface area contributed by atoms with E-state index in [-0.39, 0.29) is 24.0 Å². The zero-order valence-corrected chi connectivity index (χ0v) is 20.4. The summed E-state index contributed by atoms with van der Waals surface area (Å²) in [6.45, 7) is 2.07. The molecule has 0 spiro atoms. The van der Waals surface area contributed by atoms with Crippen LogP contribution in [-0.2, 0) is 30.1 Å². The zero-order chi connectivity index (χ0) is 26.0. The van der Waals surface area contributed by atoms with Gasteiger partial charge in [0.15, 0.2) is 0 Å². The molecule has 0 aliphatic carbocycles. The number of rotatable bonds is 8. The Hall–Kier alpha value is -2.21. The van der Waals surface area contributed by atoms with E-state index in [0.29, 0.717) is 21.3 Å². The molecule has 3 aromatic carbocycles. The Morgan fingerprint density at radius 3 is 1.83 bits per heavy atom. The van der Waals surface area contributed by atoms with Crippen molar-refractivity contribution in [1.29, 1.82) is 0 Å². The molecule has 10 heteroatoms. The summed E-state index contributed by atoms with van der Waals surface area (Å²) in [5.41, 5.74) is 0.608. The van der Waals surface area contributed by atoms with Crippen molar-refractivity contribution < 1.29 is 39.9 Å². The van der Waals surface area contributed by atoms with E-state index in [0.717, 1.165) is 24.0 Å². The van der Waals surface area contributed by atoms with E-state index in [9.17, 15) is 35.1 Å². The number of hydrogen-bond acceptors (Lipinski definition) is 1. The van der Waals surface area contributed by atoms with Gasteiger partial charge >= 0.3 is 12.5 Å². The quantitative estimate of drug-likeness (QED) is 0.182. The number of halogens is 9. The van der Waals surface area contributed by atoms with Crippen molar-refractivity contribution in [3.05, 3.63) is 91.8 Å². The van der Waals surface area contributed by atoms with Crippen LogP contribution in [0.4, 0.5) is 35.1 Å². The minimum absolute atomic E-state index is 0.0203.